The number of likely N-dealkylation sites (N-methyl/N-ethyl adjacent to an activating group) is 1. The van der Waals surface area contributed by atoms with Crippen LogP contribution in [0.25, 0.3) is 0 Å². The lowest BCUT2D eigenvalue weighted by Crippen LogP contribution is -2.27. The van der Waals surface area contributed by atoms with Crippen LogP contribution >= 0.6 is 23.4 Å². The third-order valence-corrected chi connectivity index (χ3v) is 4.94. The number of halogens is 1. The van der Waals surface area contributed by atoms with E-state index >= 15 is 0 Å². The normalized spacial score (nSPS) is 22.4. The minimum absolute atomic E-state index is 0.603. The van der Waals surface area contributed by atoms with E-state index < -0.39 is 0 Å². The average Bonchev–Trinajstić information content (AvgIpc) is 2.37. The SMILES string of the molecule is CNCC(c1cccc(Cl)c1)C1CCCSC1. The molecule has 2 rings (SSSR count). The fourth-order valence-electron chi connectivity index (χ4n) is 2.60. The third kappa shape index (κ3) is 3.64. The van der Waals surface area contributed by atoms with Crippen molar-refractivity contribution in [3.8, 4) is 0 Å². The molecular weight excluding hydrogens is 250 g/mol. The van der Waals surface area contributed by atoms with Crippen molar-refractivity contribution in [2.45, 2.75) is 18.8 Å². The highest BCUT2D eigenvalue weighted by Gasteiger charge is 2.24. The summed E-state index contributed by atoms with van der Waals surface area (Å²) in [5, 5.41) is 4.18. The Bertz CT molecular complexity index is 350. The highest BCUT2D eigenvalue weighted by Crippen LogP contribution is 2.35. The highest BCUT2D eigenvalue weighted by molar-refractivity contribution is 7.99. The molecule has 1 fully saturated rings. The van der Waals surface area contributed by atoms with Gasteiger partial charge in [-0.25, -0.2) is 0 Å². The molecule has 1 N–H and O–H groups in total. The zero-order chi connectivity index (χ0) is 12.1. The van der Waals surface area contributed by atoms with E-state index in [1.165, 1.54) is 29.9 Å². The van der Waals surface area contributed by atoms with Gasteiger partial charge in [0.05, 0.1) is 0 Å². The number of benzene rings is 1. The zero-order valence-corrected chi connectivity index (χ0v) is 11.9. The van der Waals surface area contributed by atoms with Crippen molar-refractivity contribution in [1.82, 2.24) is 5.32 Å². The summed E-state index contributed by atoms with van der Waals surface area (Å²) in [7, 11) is 2.04. The van der Waals surface area contributed by atoms with E-state index in [0.717, 1.165) is 17.5 Å². The maximum absolute atomic E-state index is 6.10. The van der Waals surface area contributed by atoms with Crippen LogP contribution in [-0.4, -0.2) is 25.1 Å². The van der Waals surface area contributed by atoms with Crippen LogP contribution in [-0.2, 0) is 0 Å². The summed E-state index contributed by atoms with van der Waals surface area (Å²) in [4.78, 5) is 0. The maximum atomic E-state index is 6.10. The molecule has 0 aromatic heterocycles. The highest BCUT2D eigenvalue weighted by atomic mass is 35.5. The van der Waals surface area contributed by atoms with Crippen molar-refractivity contribution in [3.05, 3.63) is 34.9 Å². The van der Waals surface area contributed by atoms with E-state index in [4.69, 9.17) is 11.6 Å². The Balaban J connectivity index is 2.15. The molecule has 1 saturated heterocycles. The van der Waals surface area contributed by atoms with E-state index in [-0.39, 0.29) is 0 Å². The molecule has 0 radical (unpaired) electrons. The summed E-state index contributed by atoms with van der Waals surface area (Å²) < 4.78 is 0. The van der Waals surface area contributed by atoms with Gasteiger partial charge in [0.1, 0.15) is 0 Å². The first-order chi connectivity index (χ1) is 8.31. The minimum atomic E-state index is 0.603. The summed E-state index contributed by atoms with van der Waals surface area (Å²) in [6.07, 6.45) is 2.71. The molecule has 0 amide bonds. The second-order valence-corrected chi connectivity index (χ2v) is 6.28. The molecule has 2 unspecified atom stereocenters. The van der Waals surface area contributed by atoms with Crippen LogP contribution in [0.2, 0.25) is 5.02 Å². The van der Waals surface area contributed by atoms with Gasteiger partial charge in [-0.1, -0.05) is 23.7 Å². The van der Waals surface area contributed by atoms with Crippen molar-refractivity contribution < 1.29 is 0 Å². The average molecular weight is 270 g/mol. The van der Waals surface area contributed by atoms with Gasteiger partial charge in [0, 0.05) is 11.6 Å². The zero-order valence-electron chi connectivity index (χ0n) is 10.3. The summed E-state index contributed by atoms with van der Waals surface area (Å²) in [5.41, 5.74) is 1.39. The molecule has 3 heteroatoms. The quantitative estimate of drug-likeness (QED) is 0.893. The minimum Gasteiger partial charge on any atom is -0.319 e. The van der Waals surface area contributed by atoms with Crippen molar-refractivity contribution in [2.75, 3.05) is 25.1 Å². The second-order valence-electron chi connectivity index (χ2n) is 4.70. The van der Waals surface area contributed by atoms with Crippen LogP contribution in [0.15, 0.2) is 24.3 Å². The number of hydrogen-bond donors (Lipinski definition) is 1. The molecule has 1 aliphatic heterocycles. The van der Waals surface area contributed by atoms with Crippen LogP contribution in [0, 0.1) is 5.92 Å². The Kier molecular flexibility index (Phi) is 5.20. The molecule has 0 bridgehead atoms. The molecule has 0 saturated carbocycles. The van der Waals surface area contributed by atoms with Crippen molar-refractivity contribution >= 4 is 23.4 Å². The maximum Gasteiger partial charge on any atom is 0.0408 e. The Labute approximate surface area is 113 Å². The molecule has 0 aliphatic carbocycles. The van der Waals surface area contributed by atoms with Crippen molar-refractivity contribution in [1.29, 1.82) is 0 Å². The summed E-state index contributed by atoms with van der Waals surface area (Å²) in [6, 6.07) is 8.36. The molecule has 2 atom stereocenters. The molecule has 1 aliphatic rings. The Morgan fingerprint density at radius 2 is 2.41 bits per heavy atom. The van der Waals surface area contributed by atoms with Crippen LogP contribution in [0.1, 0.15) is 24.3 Å². The standard InChI is InChI=1S/C14H20ClNS/c1-16-9-14(12-5-3-7-17-10-12)11-4-2-6-13(15)8-11/h2,4,6,8,12,14,16H,3,5,7,9-10H2,1H3. The van der Waals surface area contributed by atoms with E-state index in [1.54, 1.807) is 0 Å². The van der Waals surface area contributed by atoms with Crippen LogP contribution in [0.3, 0.4) is 0 Å². The molecular formula is C14H20ClNS. The van der Waals surface area contributed by atoms with Gasteiger partial charge in [-0.2, -0.15) is 11.8 Å². The van der Waals surface area contributed by atoms with Gasteiger partial charge in [-0.15, -0.1) is 0 Å². The van der Waals surface area contributed by atoms with Gasteiger partial charge in [-0.3, -0.25) is 0 Å². The van der Waals surface area contributed by atoms with Gasteiger partial charge in [0.25, 0.3) is 0 Å². The van der Waals surface area contributed by atoms with E-state index in [2.05, 4.69) is 35.3 Å². The van der Waals surface area contributed by atoms with E-state index in [9.17, 15) is 0 Å². The third-order valence-electron chi connectivity index (χ3n) is 3.47. The van der Waals surface area contributed by atoms with Gasteiger partial charge in [-0.05, 0) is 60.9 Å². The second kappa shape index (κ2) is 6.67. The fourth-order valence-corrected chi connectivity index (χ4v) is 4.03. The predicted octanol–water partition coefficient (Wildman–Crippen LogP) is 3.79. The number of nitrogens with one attached hydrogen (secondary N) is 1. The number of rotatable bonds is 4. The summed E-state index contributed by atoms with van der Waals surface area (Å²) in [5.74, 6) is 4.02. The molecule has 1 aromatic rings. The molecule has 0 spiro atoms. The molecule has 94 valence electrons. The molecule has 1 heterocycles. The Morgan fingerprint density at radius 3 is 3.06 bits per heavy atom. The first-order valence-electron chi connectivity index (χ1n) is 6.29. The van der Waals surface area contributed by atoms with Crippen LogP contribution in [0.4, 0.5) is 0 Å². The van der Waals surface area contributed by atoms with Gasteiger partial charge in [0.15, 0.2) is 0 Å². The summed E-state index contributed by atoms with van der Waals surface area (Å²) in [6.45, 7) is 1.05. The number of hydrogen-bond acceptors (Lipinski definition) is 2. The van der Waals surface area contributed by atoms with E-state index in [0.29, 0.717) is 5.92 Å². The van der Waals surface area contributed by atoms with Crippen molar-refractivity contribution in [3.63, 3.8) is 0 Å². The lowest BCUT2D eigenvalue weighted by Gasteiger charge is -2.30. The van der Waals surface area contributed by atoms with E-state index in [1.807, 2.05) is 13.1 Å². The lowest BCUT2D eigenvalue weighted by atomic mass is 9.84. The van der Waals surface area contributed by atoms with Gasteiger partial charge < -0.3 is 5.32 Å². The van der Waals surface area contributed by atoms with Gasteiger partial charge in [0.2, 0.25) is 0 Å². The molecule has 17 heavy (non-hydrogen) atoms. The first kappa shape index (κ1) is 13.3. The predicted molar refractivity (Wildman–Crippen MR) is 78.2 cm³/mol. The van der Waals surface area contributed by atoms with Crippen LogP contribution in [0.5, 0.6) is 0 Å². The summed E-state index contributed by atoms with van der Waals surface area (Å²) >= 11 is 8.20. The van der Waals surface area contributed by atoms with Gasteiger partial charge >= 0.3 is 0 Å². The first-order valence-corrected chi connectivity index (χ1v) is 7.82. The van der Waals surface area contributed by atoms with Crippen molar-refractivity contribution in [2.24, 2.45) is 5.92 Å². The van der Waals surface area contributed by atoms with Crippen LogP contribution < -0.4 is 5.32 Å². The molecule has 1 aromatic carbocycles. The largest absolute Gasteiger partial charge is 0.319 e. The Morgan fingerprint density at radius 1 is 1.53 bits per heavy atom. The Hall–Kier alpha value is -0.180. The monoisotopic (exact) mass is 269 g/mol. The fraction of sp³-hybridized carbons (Fsp3) is 0.571. The lowest BCUT2D eigenvalue weighted by molar-refractivity contribution is 0.413. The smallest absolute Gasteiger partial charge is 0.0408 e. The topological polar surface area (TPSA) is 12.0 Å². The number of thioether (sulfide) groups is 1. The molecule has 1 nitrogen and oxygen atoms in total.